The van der Waals surface area contributed by atoms with E-state index < -0.39 is 23.5 Å². The van der Waals surface area contributed by atoms with Gasteiger partial charge in [0.1, 0.15) is 17.5 Å². The van der Waals surface area contributed by atoms with Crippen LogP contribution in [0.25, 0.3) is 0 Å². The number of halogens is 4. The van der Waals surface area contributed by atoms with Crippen LogP contribution in [0, 0.1) is 17.5 Å². The molecule has 0 aliphatic heterocycles. The molecule has 0 aromatic heterocycles. The van der Waals surface area contributed by atoms with Gasteiger partial charge in [-0.3, -0.25) is 5.84 Å². The summed E-state index contributed by atoms with van der Waals surface area (Å²) in [5, 5.41) is -0.116. The van der Waals surface area contributed by atoms with E-state index in [2.05, 4.69) is 5.43 Å². The molecule has 3 N–H and O–H groups in total. The summed E-state index contributed by atoms with van der Waals surface area (Å²) in [7, 11) is 0. The molecule has 1 unspecified atom stereocenters. The smallest absolute Gasteiger partial charge is 0.146 e. The molecule has 0 radical (unpaired) electrons. The monoisotopic (exact) mass is 286 g/mol. The molecular formula is C13H10ClF3N2. The zero-order chi connectivity index (χ0) is 14.0. The van der Waals surface area contributed by atoms with Gasteiger partial charge in [-0.1, -0.05) is 23.7 Å². The molecule has 0 saturated carbocycles. The highest BCUT2D eigenvalue weighted by Gasteiger charge is 2.21. The Morgan fingerprint density at radius 3 is 2.47 bits per heavy atom. The van der Waals surface area contributed by atoms with Gasteiger partial charge in [0.15, 0.2) is 0 Å². The first-order valence-electron chi connectivity index (χ1n) is 5.39. The van der Waals surface area contributed by atoms with Gasteiger partial charge < -0.3 is 0 Å². The van der Waals surface area contributed by atoms with Crippen LogP contribution in [0.2, 0.25) is 5.02 Å². The lowest BCUT2D eigenvalue weighted by atomic mass is 9.98. The molecule has 2 aromatic carbocycles. The molecule has 0 aliphatic carbocycles. The van der Waals surface area contributed by atoms with Gasteiger partial charge >= 0.3 is 0 Å². The van der Waals surface area contributed by atoms with Crippen LogP contribution >= 0.6 is 11.6 Å². The number of hydrazine groups is 1. The summed E-state index contributed by atoms with van der Waals surface area (Å²) < 4.78 is 40.8. The highest BCUT2D eigenvalue weighted by Crippen LogP contribution is 2.29. The Kier molecular flexibility index (Phi) is 4.09. The van der Waals surface area contributed by atoms with E-state index in [0.717, 1.165) is 18.2 Å². The minimum Gasteiger partial charge on any atom is -0.271 e. The molecule has 1 atom stereocenters. The molecule has 0 aliphatic rings. The van der Waals surface area contributed by atoms with Crippen LogP contribution in [0.5, 0.6) is 0 Å². The predicted octanol–water partition coefficient (Wildman–Crippen LogP) is 3.31. The Hall–Kier alpha value is -1.56. The summed E-state index contributed by atoms with van der Waals surface area (Å²) in [5.41, 5.74) is 2.21. The Morgan fingerprint density at radius 1 is 1.05 bits per heavy atom. The van der Waals surface area contributed by atoms with Crippen molar-refractivity contribution in [3.63, 3.8) is 0 Å². The molecule has 0 heterocycles. The Balaban J connectivity index is 2.56. The van der Waals surface area contributed by atoms with Crippen molar-refractivity contribution >= 4 is 11.6 Å². The topological polar surface area (TPSA) is 38.0 Å². The fraction of sp³-hybridized carbons (Fsp3) is 0.0769. The maximum Gasteiger partial charge on any atom is 0.146 e. The molecule has 6 heteroatoms. The van der Waals surface area contributed by atoms with Gasteiger partial charge in [-0.25, -0.2) is 18.6 Å². The van der Waals surface area contributed by atoms with E-state index in [1.807, 2.05) is 0 Å². The normalized spacial score (nSPS) is 12.5. The largest absolute Gasteiger partial charge is 0.271 e. The number of hydrogen-bond acceptors (Lipinski definition) is 2. The zero-order valence-corrected chi connectivity index (χ0v) is 10.4. The molecule has 0 bridgehead atoms. The van der Waals surface area contributed by atoms with Crippen molar-refractivity contribution in [1.29, 1.82) is 0 Å². The summed E-state index contributed by atoms with van der Waals surface area (Å²) in [6, 6.07) is 6.11. The SMILES string of the molecule is NNC(c1cc(F)ccc1F)c1cccc(Cl)c1F. The quantitative estimate of drug-likeness (QED) is 0.671. The lowest BCUT2D eigenvalue weighted by molar-refractivity contribution is 0.523. The summed E-state index contributed by atoms with van der Waals surface area (Å²) in [6.07, 6.45) is 0. The lowest BCUT2D eigenvalue weighted by Crippen LogP contribution is -2.30. The van der Waals surface area contributed by atoms with Crippen molar-refractivity contribution in [1.82, 2.24) is 5.43 Å². The van der Waals surface area contributed by atoms with Crippen molar-refractivity contribution in [2.24, 2.45) is 5.84 Å². The summed E-state index contributed by atoms with van der Waals surface area (Å²) in [4.78, 5) is 0. The van der Waals surface area contributed by atoms with Gasteiger partial charge in [0.2, 0.25) is 0 Å². The van der Waals surface area contributed by atoms with E-state index in [9.17, 15) is 13.2 Å². The van der Waals surface area contributed by atoms with Crippen molar-refractivity contribution in [2.45, 2.75) is 6.04 Å². The molecular weight excluding hydrogens is 277 g/mol. The fourth-order valence-corrected chi connectivity index (χ4v) is 2.01. The van der Waals surface area contributed by atoms with Gasteiger partial charge in [0.25, 0.3) is 0 Å². The van der Waals surface area contributed by atoms with Crippen molar-refractivity contribution in [3.05, 3.63) is 70.0 Å². The Labute approximate surface area is 113 Å². The number of benzene rings is 2. The van der Waals surface area contributed by atoms with Crippen molar-refractivity contribution < 1.29 is 13.2 Å². The van der Waals surface area contributed by atoms with Crippen LogP contribution in [-0.4, -0.2) is 0 Å². The molecule has 0 fully saturated rings. The van der Waals surface area contributed by atoms with E-state index in [1.54, 1.807) is 0 Å². The van der Waals surface area contributed by atoms with E-state index in [1.165, 1.54) is 18.2 Å². The third-order valence-electron chi connectivity index (χ3n) is 2.73. The second-order valence-corrected chi connectivity index (χ2v) is 4.32. The lowest BCUT2D eigenvalue weighted by Gasteiger charge is -2.18. The Morgan fingerprint density at radius 2 is 1.79 bits per heavy atom. The summed E-state index contributed by atoms with van der Waals surface area (Å²) >= 11 is 5.66. The third kappa shape index (κ3) is 2.73. The van der Waals surface area contributed by atoms with E-state index >= 15 is 0 Å². The predicted molar refractivity (Wildman–Crippen MR) is 66.9 cm³/mol. The molecule has 0 spiro atoms. The highest BCUT2D eigenvalue weighted by atomic mass is 35.5. The average Bonchev–Trinajstić information content (AvgIpc) is 2.39. The number of hydrogen-bond donors (Lipinski definition) is 2. The highest BCUT2D eigenvalue weighted by molar-refractivity contribution is 6.30. The first kappa shape index (κ1) is 13.9. The average molecular weight is 287 g/mol. The van der Waals surface area contributed by atoms with Crippen LogP contribution in [0.3, 0.4) is 0 Å². The van der Waals surface area contributed by atoms with Crippen molar-refractivity contribution in [3.8, 4) is 0 Å². The molecule has 100 valence electrons. The molecule has 19 heavy (non-hydrogen) atoms. The minimum atomic E-state index is -1.03. The van der Waals surface area contributed by atoms with Crippen LogP contribution in [-0.2, 0) is 0 Å². The van der Waals surface area contributed by atoms with Gasteiger partial charge in [-0.2, -0.15) is 0 Å². The van der Waals surface area contributed by atoms with Gasteiger partial charge in [-0.15, -0.1) is 0 Å². The van der Waals surface area contributed by atoms with Crippen LogP contribution in [0.1, 0.15) is 17.2 Å². The second-order valence-electron chi connectivity index (χ2n) is 3.91. The fourth-order valence-electron chi connectivity index (χ4n) is 1.83. The number of rotatable bonds is 3. The summed E-state index contributed by atoms with van der Waals surface area (Å²) in [5.74, 6) is 3.27. The first-order valence-corrected chi connectivity index (χ1v) is 5.77. The van der Waals surface area contributed by atoms with E-state index in [4.69, 9.17) is 17.4 Å². The van der Waals surface area contributed by atoms with Gasteiger partial charge in [0.05, 0.1) is 11.1 Å². The molecule has 2 rings (SSSR count). The number of nitrogens with two attached hydrogens (primary N) is 1. The maximum atomic E-state index is 13.9. The van der Waals surface area contributed by atoms with E-state index in [-0.39, 0.29) is 16.1 Å². The second kappa shape index (κ2) is 5.61. The van der Waals surface area contributed by atoms with Crippen LogP contribution < -0.4 is 11.3 Å². The van der Waals surface area contributed by atoms with Crippen LogP contribution in [0.15, 0.2) is 36.4 Å². The molecule has 2 nitrogen and oxygen atoms in total. The standard InChI is InChI=1S/C13H10ClF3N2/c14-10-3-1-2-8(12(10)17)13(19-18)9-6-7(15)4-5-11(9)16/h1-6,13,19H,18H2. The third-order valence-corrected chi connectivity index (χ3v) is 3.02. The van der Waals surface area contributed by atoms with Crippen LogP contribution in [0.4, 0.5) is 13.2 Å². The van der Waals surface area contributed by atoms with Gasteiger partial charge in [0, 0.05) is 11.1 Å². The molecule has 0 saturated heterocycles. The van der Waals surface area contributed by atoms with E-state index in [0.29, 0.717) is 0 Å². The Bertz CT molecular complexity index is 602. The maximum absolute atomic E-state index is 13.9. The molecule has 2 aromatic rings. The zero-order valence-electron chi connectivity index (χ0n) is 9.63. The summed E-state index contributed by atoms with van der Waals surface area (Å²) in [6.45, 7) is 0. The minimum absolute atomic E-state index is 0.0412. The number of nitrogens with one attached hydrogen (secondary N) is 1. The van der Waals surface area contributed by atoms with Crippen molar-refractivity contribution in [2.75, 3.05) is 0 Å². The molecule has 0 amide bonds. The first-order chi connectivity index (χ1) is 9.04. The van der Waals surface area contributed by atoms with Gasteiger partial charge in [-0.05, 0) is 24.3 Å².